The Bertz CT molecular complexity index is 1610. The summed E-state index contributed by atoms with van der Waals surface area (Å²) >= 11 is 0. The van der Waals surface area contributed by atoms with Crippen molar-refractivity contribution in [3.63, 3.8) is 0 Å². The van der Waals surface area contributed by atoms with Gasteiger partial charge in [-0.25, -0.2) is 18.7 Å². The standard InChI is InChI=1S/C29H28F5N5O3/c1-28(2,3)41-24(40)11-18-5-4-17(10-22(18)31)20-12-19(30)13-21-25(20)35-15-36-26(21)39-8-6-16(7-9-39)27-37-23(38-42-27)14-29(32,33)34/h4-5,10,12-13,15-16H,6-9,11,14H2,1-3H3. The molecule has 4 aromatic rings. The van der Waals surface area contributed by atoms with Crippen LogP contribution in [0.2, 0.25) is 0 Å². The highest BCUT2D eigenvalue weighted by atomic mass is 19.4. The van der Waals surface area contributed by atoms with Gasteiger partial charge in [0.1, 0.15) is 35.8 Å². The van der Waals surface area contributed by atoms with Crippen LogP contribution in [0, 0.1) is 11.6 Å². The Labute approximate surface area is 237 Å². The molecule has 222 valence electrons. The van der Waals surface area contributed by atoms with Crippen LogP contribution >= 0.6 is 0 Å². The molecule has 5 rings (SSSR count). The van der Waals surface area contributed by atoms with Crippen LogP contribution in [0.25, 0.3) is 22.0 Å². The Morgan fingerprint density at radius 2 is 1.81 bits per heavy atom. The van der Waals surface area contributed by atoms with Gasteiger partial charge in [0.05, 0.1) is 11.9 Å². The molecular formula is C29H28F5N5O3. The second-order valence-corrected chi connectivity index (χ2v) is 11.2. The molecular weight excluding hydrogens is 561 g/mol. The number of halogens is 5. The fourth-order valence-electron chi connectivity index (χ4n) is 5.01. The van der Waals surface area contributed by atoms with Gasteiger partial charge >= 0.3 is 12.1 Å². The van der Waals surface area contributed by atoms with Gasteiger partial charge in [-0.05, 0) is 62.9 Å². The Balaban J connectivity index is 1.36. The number of fused-ring (bicyclic) bond motifs is 1. The topological polar surface area (TPSA) is 94.2 Å². The molecule has 1 saturated heterocycles. The first-order valence-electron chi connectivity index (χ1n) is 13.3. The van der Waals surface area contributed by atoms with Crippen LogP contribution < -0.4 is 4.90 Å². The van der Waals surface area contributed by atoms with E-state index in [1.165, 1.54) is 30.6 Å². The van der Waals surface area contributed by atoms with E-state index in [9.17, 15) is 22.4 Å². The molecule has 1 aliphatic heterocycles. The lowest BCUT2D eigenvalue weighted by Crippen LogP contribution is -2.33. The van der Waals surface area contributed by atoms with Crippen LogP contribution in [-0.2, 0) is 22.4 Å². The largest absolute Gasteiger partial charge is 0.460 e. The zero-order valence-electron chi connectivity index (χ0n) is 23.1. The quantitative estimate of drug-likeness (QED) is 0.190. The molecule has 0 atom stereocenters. The summed E-state index contributed by atoms with van der Waals surface area (Å²) in [6.07, 6.45) is -3.58. The van der Waals surface area contributed by atoms with Crippen LogP contribution in [0.15, 0.2) is 41.2 Å². The maximum Gasteiger partial charge on any atom is 0.396 e. The van der Waals surface area contributed by atoms with Crippen molar-refractivity contribution >= 4 is 22.7 Å². The molecule has 0 N–H and O–H groups in total. The average Bonchev–Trinajstić information content (AvgIpc) is 3.35. The number of benzene rings is 2. The minimum Gasteiger partial charge on any atom is -0.460 e. The fourth-order valence-corrected chi connectivity index (χ4v) is 5.01. The van der Waals surface area contributed by atoms with Crippen molar-refractivity contribution in [1.29, 1.82) is 0 Å². The highest BCUT2D eigenvalue weighted by molar-refractivity contribution is 5.99. The number of alkyl halides is 3. The first-order valence-corrected chi connectivity index (χ1v) is 13.3. The predicted molar refractivity (Wildman–Crippen MR) is 143 cm³/mol. The van der Waals surface area contributed by atoms with Crippen LogP contribution in [0.5, 0.6) is 0 Å². The molecule has 0 unspecified atom stereocenters. The third kappa shape index (κ3) is 6.82. The van der Waals surface area contributed by atoms with Crippen LogP contribution in [0.3, 0.4) is 0 Å². The summed E-state index contributed by atoms with van der Waals surface area (Å²) in [7, 11) is 0. The summed E-state index contributed by atoms with van der Waals surface area (Å²) in [6.45, 7) is 6.08. The number of aromatic nitrogens is 4. The predicted octanol–water partition coefficient (Wildman–Crippen LogP) is 6.33. The summed E-state index contributed by atoms with van der Waals surface area (Å²) in [5.41, 5.74) is 0.594. The summed E-state index contributed by atoms with van der Waals surface area (Å²) < 4.78 is 78.3. The van der Waals surface area contributed by atoms with Gasteiger partial charge in [0.2, 0.25) is 5.89 Å². The SMILES string of the molecule is CC(C)(C)OC(=O)Cc1ccc(-c2cc(F)cc3c(N4CCC(c5nc(CC(F)(F)F)no5)CC4)ncnc23)cc1F. The number of carbonyl (C=O) groups is 1. The maximum atomic E-state index is 15.0. The van der Waals surface area contributed by atoms with Gasteiger partial charge in [-0.2, -0.15) is 18.2 Å². The average molecular weight is 590 g/mol. The molecule has 0 radical (unpaired) electrons. The van der Waals surface area contributed by atoms with Gasteiger partial charge in [-0.1, -0.05) is 17.3 Å². The van der Waals surface area contributed by atoms with Crippen molar-refractivity contribution in [2.75, 3.05) is 18.0 Å². The van der Waals surface area contributed by atoms with E-state index in [0.29, 0.717) is 53.8 Å². The number of carbonyl (C=O) groups excluding carboxylic acids is 1. The molecule has 13 heteroatoms. The highest BCUT2D eigenvalue weighted by Gasteiger charge is 2.32. The van der Waals surface area contributed by atoms with Crippen molar-refractivity contribution < 1.29 is 36.0 Å². The van der Waals surface area contributed by atoms with Crippen molar-refractivity contribution in [3.8, 4) is 11.1 Å². The Kier molecular flexibility index (Phi) is 7.86. The first-order chi connectivity index (χ1) is 19.8. The molecule has 2 aromatic carbocycles. The van der Waals surface area contributed by atoms with E-state index in [-0.39, 0.29) is 23.8 Å². The van der Waals surface area contributed by atoms with Gasteiger partial charge in [-0.3, -0.25) is 4.79 Å². The monoisotopic (exact) mass is 589 g/mol. The minimum atomic E-state index is -4.43. The van der Waals surface area contributed by atoms with E-state index in [4.69, 9.17) is 9.26 Å². The summed E-state index contributed by atoms with van der Waals surface area (Å²) in [5, 5.41) is 3.88. The smallest absolute Gasteiger partial charge is 0.396 e. The second-order valence-electron chi connectivity index (χ2n) is 11.2. The number of rotatable bonds is 6. The minimum absolute atomic E-state index is 0.152. The van der Waals surface area contributed by atoms with Gasteiger partial charge in [-0.15, -0.1) is 0 Å². The van der Waals surface area contributed by atoms with E-state index in [2.05, 4.69) is 20.1 Å². The number of hydrogen-bond donors (Lipinski definition) is 0. The molecule has 1 aliphatic rings. The van der Waals surface area contributed by atoms with E-state index in [0.717, 1.165) is 0 Å². The van der Waals surface area contributed by atoms with Crippen LogP contribution in [0.4, 0.5) is 27.8 Å². The Morgan fingerprint density at radius 3 is 2.48 bits per heavy atom. The Morgan fingerprint density at radius 1 is 1.07 bits per heavy atom. The molecule has 0 saturated carbocycles. The lowest BCUT2D eigenvalue weighted by Gasteiger charge is -2.32. The van der Waals surface area contributed by atoms with Gasteiger partial charge in [0.15, 0.2) is 5.82 Å². The zero-order valence-corrected chi connectivity index (χ0v) is 23.1. The van der Waals surface area contributed by atoms with E-state index < -0.39 is 41.6 Å². The number of piperidine rings is 1. The van der Waals surface area contributed by atoms with Crippen molar-refractivity contribution in [2.45, 2.75) is 64.1 Å². The molecule has 1 fully saturated rings. The van der Waals surface area contributed by atoms with Gasteiger partial charge < -0.3 is 14.2 Å². The number of ether oxygens (including phenoxy) is 1. The molecule has 42 heavy (non-hydrogen) atoms. The molecule has 0 spiro atoms. The number of esters is 1. The van der Waals surface area contributed by atoms with E-state index >= 15 is 4.39 Å². The normalized spacial score (nSPS) is 14.9. The molecule has 2 aromatic heterocycles. The second kappa shape index (κ2) is 11.3. The lowest BCUT2D eigenvalue weighted by atomic mass is 9.96. The summed E-state index contributed by atoms with van der Waals surface area (Å²) in [5.74, 6) is -1.75. The zero-order chi connectivity index (χ0) is 30.2. The summed E-state index contributed by atoms with van der Waals surface area (Å²) in [4.78, 5) is 26.8. The molecule has 0 bridgehead atoms. The molecule has 8 nitrogen and oxygen atoms in total. The van der Waals surface area contributed by atoms with Crippen LogP contribution in [-0.4, -0.2) is 50.9 Å². The number of hydrogen-bond acceptors (Lipinski definition) is 8. The summed E-state index contributed by atoms with van der Waals surface area (Å²) in [6, 6.07) is 6.88. The van der Waals surface area contributed by atoms with Crippen molar-refractivity contribution in [3.05, 3.63) is 65.6 Å². The van der Waals surface area contributed by atoms with Crippen LogP contribution in [0.1, 0.15) is 56.8 Å². The fraction of sp³-hybridized carbons (Fsp3) is 0.414. The third-order valence-corrected chi connectivity index (χ3v) is 6.79. The molecule has 0 amide bonds. The molecule has 3 heterocycles. The first kappa shape index (κ1) is 29.3. The maximum absolute atomic E-state index is 15.0. The lowest BCUT2D eigenvalue weighted by molar-refractivity contribution is -0.154. The van der Waals surface area contributed by atoms with Gasteiger partial charge in [0, 0.05) is 30.0 Å². The van der Waals surface area contributed by atoms with E-state index in [1.54, 1.807) is 26.8 Å². The van der Waals surface area contributed by atoms with Crippen molar-refractivity contribution in [1.82, 2.24) is 20.1 Å². The van der Waals surface area contributed by atoms with Gasteiger partial charge in [0.25, 0.3) is 0 Å². The van der Waals surface area contributed by atoms with Crippen molar-refractivity contribution in [2.24, 2.45) is 0 Å². The third-order valence-electron chi connectivity index (χ3n) is 6.79. The highest BCUT2D eigenvalue weighted by Crippen LogP contribution is 2.36. The molecule has 0 aliphatic carbocycles. The number of anilines is 1. The number of nitrogens with zero attached hydrogens (tertiary/aromatic N) is 5. The Hall–Kier alpha value is -4.16. The van der Waals surface area contributed by atoms with E-state index in [1.807, 2.05) is 4.90 Å².